The first kappa shape index (κ1) is 13.0. The summed E-state index contributed by atoms with van der Waals surface area (Å²) in [5.41, 5.74) is 2.29. The van der Waals surface area contributed by atoms with Crippen molar-refractivity contribution in [3.63, 3.8) is 0 Å². The summed E-state index contributed by atoms with van der Waals surface area (Å²) < 4.78 is 5.64. The van der Waals surface area contributed by atoms with E-state index in [1.54, 1.807) is 0 Å². The van der Waals surface area contributed by atoms with Crippen LogP contribution in [0.5, 0.6) is 0 Å². The van der Waals surface area contributed by atoms with Crippen molar-refractivity contribution >= 4 is 27.6 Å². The molecule has 0 aliphatic rings. The van der Waals surface area contributed by atoms with Crippen LogP contribution in [-0.4, -0.2) is 19.6 Å². The first-order chi connectivity index (χ1) is 7.63. The second-order valence-corrected chi connectivity index (χ2v) is 4.48. The van der Waals surface area contributed by atoms with Gasteiger partial charge in [0.25, 0.3) is 0 Å². The maximum Gasteiger partial charge on any atom is 0.305 e. The minimum atomic E-state index is -0.158. The highest BCUT2D eigenvalue weighted by atomic mass is 79.9. The summed E-state index contributed by atoms with van der Waals surface area (Å²) in [5.74, 6) is -0.158. The van der Waals surface area contributed by atoms with Crippen molar-refractivity contribution < 1.29 is 9.53 Å². The molecule has 0 aliphatic carbocycles. The Balaban J connectivity index is 2.35. The molecule has 1 rings (SSSR count). The van der Waals surface area contributed by atoms with Gasteiger partial charge in [0.15, 0.2) is 0 Å². The number of ether oxygens (including phenoxy) is 1. The molecule has 0 bridgehead atoms. The summed E-state index contributed by atoms with van der Waals surface area (Å²) in [6.07, 6.45) is 1.24. The van der Waals surface area contributed by atoms with Gasteiger partial charge in [0, 0.05) is 23.1 Å². The topological polar surface area (TPSA) is 38.3 Å². The zero-order valence-electron chi connectivity index (χ0n) is 9.55. The average Bonchev–Trinajstić information content (AvgIpc) is 2.26. The number of esters is 1. The standard InChI is InChI=1S/C12H16BrNO2/c1-9-8-10(13)5-6-11(9)14-7-3-4-12(15)16-2/h5-6,8,14H,3-4,7H2,1-2H3. The van der Waals surface area contributed by atoms with Crippen molar-refractivity contribution in [1.82, 2.24) is 0 Å². The number of anilines is 1. The lowest BCUT2D eigenvalue weighted by Gasteiger charge is -2.09. The Morgan fingerprint density at radius 1 is 1.50 bits per heavy atom. The molecule has 0 spiro atoms. The third kappa shape index (κ3) is 4.23. The van der Waals surface area contributed by atoms with Crippen LogP contribution >= 0.6 is 15.9 Å². The van der Waals surface area contributed by atoms with Crippen LogP contribution in [0.15, 0.2) is 22.7 Å². The van der Waals surface area contributed by atoms with Crippen LogP contribution in [-0.2, 0) is 9.53 Å². The summed E-state index contributed by atoms with van der Waals surface area (Å²) in [5, 5.41) is 3.29. The molecule has 1 aromatic carbocycles. The van der Waals surface area contributed by atoms with E-state index in [4.69, 9.17) is 0 Å². The number of halogens is 1. The van der Waals surface area contributed by atoms with Crippen LogP contribution in [0, 0.1) is 6.92 Å². The van der Waals surface area contributed by atoms with Crippen molar-refractivity contribution in [2.24, 2.45) is 0 Å². The predicted molar refractivity (Wildman–Crippen MR) is 68.6 cm³/mol. The number of hydrogen-bond acceptors (Lipinski definition) is 3. The average molecular weight is 286 g/mol. The molecule has 0 aromatic heterocycles. The van der Waals surface area contributed by atoms with E-state index in [1.807, 2.05) is 19.1 Å². The Kier molecular flexibility index (Phi) is 5.32. The monoisotopic (exact) mass is 285 g/mol. The summed E-state index contributed by atoms with van der Waals surface area (Å²) in [6, 6.07) is 6.08. The van der Waals surface area contributed by atoms with Crippen LogP contribution in [0.3, 0.4) is 0 Å². The van der Waals surface area contributed by atoms with Gasteiger partial charge in [-0.1, -0.05) is 15.9 Å². The van der Waals surface area contributed by atoms with Crippen LogP contribution in [0.1, 0.15) is 18.4 Å². The van der Waals surface area contributed by atoms with E-state index in [1.165, 1.54) is 12.7 Å². The molecule has 0 heterocycles. The second kappa shape index (κ2) is 6.53. The van der Waals surface area contributed by atoms with Gasteiger partial charge >= 0.3 is 5.97 Å². The molecule has 0 fully saturated rings. The Morgan fingerprint density at radius 2 is 2.25 bits per heavy atom. The summed E-state index contributed by atoms with van der Waals surface area (Å²) >= 11 is 3.42. The van der Waals surface area contributed by atoms with Crippen LogP contribution in [0.2, 0.25) is 0 Å². The molecule has 16 heavy (non-hydrogen) atoms. The Morgan fingerprint density at radius 3 is 2.88 bits per heavy atom. The van der Waals surface area contributed by atoms with Crippen LogP contribution < -0.4 is 5.32 Å². The smallest absolute Gasteiger partial charge is 0.305 e. The zero-order chi connectivity index (χ0) is 12.0. The van der Waals surface area contributed by atoms with Gasteiger partial charge in [-0.3, -0.25) is 4.79 Å². The lowest BCUT2D eigenvalue weighted by Crippen LogP contribution is -2.07. The summed E-state index contributed by atoms with van der Waals surface area (Å²) in [7, 11) is 1.41. The van der Waals surface area contributed by atoms with Crippen LogP contribution in [0.4, 0.5) is 5.69 Å². The van der Waals surface area contributed by atoms with Gasteiger partial charge < -0.3 is 10.1 Å². The molecule has 1 N–H and O–H groups in total. The molecule has 0 unspecified atom stereocenters. The molecule has 0 saturated heterocycles. The Bertz CT molecular complexity index is 366. The molecule has 4 heteroatoms. The van der Waals surface area contributed by atoms with E-state index in [0.29, 0.717) is 6.42 Å². The van der Waals surface area contributed by atoms with Gasteiger partial charge in [-0.05, 0) is 37.1 Å². The summed E-state index contributed by atoms with van der Waals surface area (Å²) in [4.78, 5) is 10.9. The molecular formula is C12H16BrNO2. The quantitative estimate of drug-likeness (QED) is 0.667. The van der Waals surface area contributed by atoms with Crippen molar-refractivity contribution in [3.8, 4) is 0 Å². The van der Waals surface area contributed by atoms with Crippen molar-refractivity contribution in [2.45, 2.75) is 19.8 Å². The fourth-order valence-electron chi connectivity index (χ4n) is 1.38. The van der Waals surface area contributed by atoms with Gasteiger partial charge in [0.2, 0.25) is 0 Å². The largest absolute Gasteiger partial charge is 0.469 e. The molecule has 0 atom stereocenters. The van der Waals surface area contributed by atoms with E-state index in [0.717, 1.165) is 23.1 Å². The van der Waals surface area contributed by atoms with Gasteiger partial charge in [0.05, 0.1) is 7.11 Å². The highest BCUT2D eigenvalue weighted by molar-refractivity contribution is 9.10. The number of carbonyl (C=O) groups is 1. The fourth-order valence-corrected chi connectivity index (χ4v) is 1.86. The lowest BCUT2D eigenvalue weighted by molar-refractivity contribution is -0.140. The number of rotatable bonds is 5. The van der Waals surface area contributed by atoms with Gasteiger partial charge in [-0.2, -0.15) is 0 Å². The SMILES string of the molecule is COC(=O)CCCNc1ccc(Br)cc1C. The Labute approximate surface area is 104 Å². The van der Waals surface area contributed by atoms with Gasteiger partial charge in [-0.25, -0.2) is 0 Å². The first-order valence-corrected chi connectivity index (χ1v) is 5.99. The molecule has 0 saturated carbocycles. The predicted octanol–water partition coefficient (Wildman–Crippen LogP) is 3.12. The molecule has 0 aliphatic heterocycles. The third-order valence-electron chi connectivity index (χ3n) is 2.29. The highest BCUT2D eigenvalue weighted by Gasteiger charge is 2.01. The molecule has 1 aromatic rings. The fraction of sp³-hybridized carbons (Fsp3) is 0.417. The van der Waals surface area contributed by atoms with Crippen molar-refractivity contribution in [3.05, 3.63) is 28.2 Å². The summed E-state index contributed by atoms with van der Waals surface area (Å²) in [6.45, 7) is 2.82. The van der Waals surface area contributed by atoms with Gasteiger partial charge in [0.1, 0.15) is 0 Å². The Hall–Kier alpha value is -1.03. The number of carbonyl (C=O) groups excluding carboxylic acids is 1. The highest BCUT2D eigenvalue weighted by Crippen LogP contribution is 2.19. The number of aryl methyl sites for hydroxylation is 1. The molecule has 3 nitrogen and oxygen atoms in total. The molecule has 0 amide bonds. The minimum absolute atomic E-state index is 0.158. The molecule has 88 valence electrons. The van der Waals surface area contributed by atoms with Gasteiger partial charge in [-0.15, -0.1) is 0 Å². The maximum absolute atomic E-state index is 10.9. The van der Waals surface area contributed by atoms with E-state index in [-0.39, 0.29) is 5.97 Å². The molecular weight excluding hydrogens is 270 g/mol. The number of hydrogen-bond donors (Lipinski definition) is 1. The van der Waals surface area contributed by atoms with E-state index < -0.39 is 0 Å². The van der Waals surface area contributed by atoms with E-state index in [9.17, 15) is 4.79 Å². The number of benzene rings is 1. The lowest BCUT2D eigenvalue weighted by atomic mass is 10.2. The van der Waals surface area contributed by atoms with Crippen LogP contribution in [0.25, 0.3) is 0 Å². The number of methoxy groups -OCH3 is 1. The normalized spacial score (nSPS) is 9.94. The third-order valence-corrected chi connectivity index (χ3v) is 2.78. The first-order valence-electron chi connectivity index (χ1n) is 5.20. The minimum Gasteiger partial charge on any atom is -0.469 e. The second-order valence-electron chi connectivity index (χ2n) is 3.57. The van der Waals surface area contributed by atoms with E-state index in [2.05, 4.69) is 32.0 Å². The molecule has 0 radical (unpaired) electrons. The van der Waals surface area contributed by atoms with E-state index >= 15 is 0 Å². The maximum atomic E-state index is 10.9. The van der Waals surface area contributed by atoms with Crippen molar-refractivity contribution in [1.29, 1.82) is 0 Å². The number of nitrogens with one attached hydrogen (secondary N) is 1. The van der Waals surface area contributed by atoms with Crippen molar-refractivity contribution in [2.75, 3.05) is 19.0 Å². The zero-order valence-corrected chi connectivity index (χ0v) is 11.1.